The average molecular weight is 199 g/mol. The molecule has 1 fully saturated rings. The van der Waals surface area contributed by atoms with E-state index in [4.69, 9.17) is 5.73 Å². The number of hydrogen-bond acceptors (Lipinski definition) is 3. The normalized spacial score (nSPS) is 20.6. The Morgan fingerprint density at radius 1 is 1.36 bits per heavy atom. The van der Waals surface area contributed by atoms with Crippen LogP contribution in [0.25, 0.3) is 0 Å². The van der Waals surface area contributed by atoms with E-state index >= 15 is 0 Å². The lowest BCUT2D eigenvalue weighted by molar-refractivity contribution is 0.148. The quantitative estimate of drug-likeness (QED) is 0.639. The summed E-state index contributed by atoms with van der Waals surface area (Å²) in [5.41, 5.74) is 5.44. The number of nitrogens with one attached hydrogen (secondary N) is 1. The van der Waals surface area contributed by atoms with Gasteiger partial charge in [-0.05, 0) is 52.2 Å². The van der Waals surface area contributed by atoms with Crippen molar-refractivity contribution < 1.29 is 0 Å². The smallest absolute Gasteiger partial charge is 0.00746 e. The lowest BCUT2D eigenvalue weighted by Crippen LogP contribution is -2.41. The Bertz CT molecular complexity index is 139. The summed E-state index contributed by atoms with van der Waals surface area (Å²) in [5.74, 6) is 0.872. The van der Waals surface area contributed by atoms with Gasteiger partial charge in [0.2, 0.25) is 0 Å². The first-order valence-corrected chi connectivity index (χ1v) is 5.89. The summed E-state index contributed by atoms with van der Waals surface area (Å²) in [6, 6.07) is 0.716. The second-order valence-corrected chi connectivity index (χ2v) is 4.57. The third-order valence-corrected chi connectivity index (χ3v) is 3.13. The van der Waals surface area contributed by atoms with E-state index in [2.05, 4.69) is 24.1 Å². The summed E-state index contributed by atoms with van der Waals surface area (Å²) in [4.78, 5) is 2.57. The minimum Gasteiger partial charge on any atom is -0.329 e. The summed E-state index contributed by atoms with van der Waals surface area (Å²) >= 11 is 0. The highest BCUT2D eigenvalue weighted by molar-refractivity contribution is 4.75. The van der Waals surface area contributed by atoms with Gasteiger partial charge >= 0.3 is 0 Å². The fraction of sp³-hybridized carbons (Fsp3) is 1.00. The van der Waals surface area contributed by atoms with Crippen LogP contribution in [0.4, 0.5) is 0 Å². The van der Waals surface area contributed by atoms with Crippen LogP contribution in [0.2, 0.25) is 0 Å². The SMILES string of the molecule is CC(C)N1CCC(CNCCN)CC1. The van der Waals surface area contributed by atoms with Crippen LogP contribution in [0.1, 0.15) is 26.7 Å². The number of rotatable bonds is 5. The van der Waals surface area contributed by atoms with Crippen LogP contribution in [0, 0.1) is 5.92 Å². The van der Waals surface area contributed by atoms with Crippen LogP contribution >= 0.6 is 0 Å². The third kappa shape index (κ3) is 3.95. The number of piperidine rings is 1. The van der Waals surface area contributed by atoms with Crippen molar-refractivity contribution in [1.82, 2.24) is 10.2 Å². The minimum absolute atomic E-state index is 0.716. The van der Waals surface area contributed by atoms with Crippen LogP contribution in [0.5, 0.6) is 0 Å². The first kappa shape index (κ1) is 12.0. The van der Waals surface area contributed by atoms with Gasteiger partial charge in [-0.3, -0.25) is 0 Å². The van der Waals surface area contributed by atoms with Crippen molar-refractivity contribution >= 4 is 0 Å². The van der Waals surface area contributed by atoms with Gasteiger partial charge in [-0.25, -0.2) is 0 Å². The molecule has 14 heavy (non-hydrogen) atoms. The second-order valence-electron chi connectivity index (χ2n) is 4.57. The highest BCUT2D eigenvalue weighted by Crippen LogP contribution is 2.17. The molecule has 1 saturated heterocycles. The molecule has 1 aliphatic rings. The molecule has 1 heterocycles. The number of likely N-dealkylation sites (tertiary alicyclic amines) is 1. The average Bonchev–Trinajstić information content (AvgIpc) is 2.19. The number of nitrogens with two attached hydrogens (primary N) is 1. The molecule has 0 bridgehead atoms. The van der Waals surface area contributed by atoms with Gasteiger partial charge in [-0.2, -0.15) is 0 Å². The van der Waals surface area contributed by atoms with Crippen molar-refractivity contribution in [3.05, 3.63) is 0 Å². The maximum absolute atomic E-state index is 5.44. The lowest BCUT2D eigenvalue weighted by atomic mass is 9.96. The van der Waals surface area contributed by atoms with Gasteiger partial charge in [0, 0.05) is 19.1 Å². The van der Waals surface area contributed by atoms with E-state index in [1.165, 1.54) is 25.9 Å². The van der Waals surface area contributed by atoms with Gasteiger partial charge in [-0.1, -0.05) is 0 Å². The molecule has 3 nitrogen and oxygen atoms in total. The maximum atomic E-state index is 5.44. The number of hydrogen-bond donors (Lipinski definition) is 2. The first-order chi connectivity index (χ1) is 6.74. The summed E-state index contributed by atoms with van der Waals surface area (Å²) in [5, 5.41) is 3.41. The maximum Gasteiger partial charge on any atom is 0.00746 e. The van der Waals surface area contributed by atoms with E-state index in [-0.39, 0.29) is 0 Å². The topological polar surface area (TPSA) is 41.3 Å². The van der Waals surface area contributed by atoms with Crippen molar-refractivity contribution in [2.24, 2.45) is 11.7 Å². The molecule has 0 saturated carbocycles. The standard InChI is InChI=1S/C11H25N3/c1-10(2)14-7-3-11(4-8-14)9-13-6-5-12/h10-11,13H,3-9,12H2,1-2H3. The fourth-order valence-electron chi connectivity index (χ4n) is 2.08. The molecule has 1 rings (SSSR count). The van der Waals surface area contributed by atoms with Gasteiger partial charge in [-0.15, -0.1) is 0 Å². The van der Waals surface area contributed by atoms with E-state index in [0.29, 0.717) is 6.04 Å². The predicted octanol–water partition coefficient (Wildman–Crippen LogP) is 0.655. The van der Waals surface area contributed by atoms with Gasteiger partial charge in [0.1, 0.15) is 0 Å². The minimum atomic E-state index is 0.716. The highest BCUT2D eigenvalue weighted by atomic mass is 15.1. The molecule has 0 spiro atoms. The largest absolute Gasteiger partial charge is 0.329 e. The van der Waals surface area contributed by atoms with Crippen molar-refractivity contribution in [2.75, 3.05) is 32.7 Å². The fourth-order valence-corrected chi connectivity index (χ4v) is 2.08. The molecule has 0 unspecified atom stereocenters. The van der Waals surface area contributed by atoms with Gasteiger partial charge in [0.15, 0.2) is 0 Å². The molecule has 0 radical (unpaired) electrons. The van der Waals surface area contributed by atoms with E-state index in [1.807, 2.05) is 0 Å². The molecular weight excluding hydrogens is 174 g/mol. The van der Waals surface area contributed by atoms with Crippen LogP contribution < -0.4 is 11.1 Å². The van der Waals surface area contributed by atoms with E-state index in [9.17, 15) is 0 Å². The highest BCUT2D eigenvalue weighted by Gasteiger charge is 2.19. The third-order valence-electron chi connectivity index (χ3n) is 3.13. The molecule has 0 amide bonds. The van der Waals surface area contributed by atoms with E-state index in [0.717, 1.165) is 25.6 Å². The zero-order valence-electron chi connectivity index (χ0n) is 9.63. The Hall–Kier alpha value is -0.120. The summed E-state index contributed by atoms with van der Waals surface area (Å²) in [6.45, 7) is 9.98. The molecule has 0 aromatic rings. The summed E-state index contributed by atoms with van der Waals surface area (Å²) < 4.78 is 0. The Morgan fingerprint density at radius 3 is 2.50 bits per heavy atom. The van der Waals surface area contributed by atoms with Crippen LogP contribution in [0.15, 0.2) is 0 Å². The molecule has 0 atom stereocenters. The van der Waals surface area contributed by atoms with Crippen LogP contribution in [-0.4, -0.2) is 43.7 Å². The molecular formula is C11H25N3. The predicted molar refractivity (Wildman–Crippen MR) is 61.4 cm³/mol. The Labute approximate surface area is 88.0 Å². The second kappa shape index (κ2) is 6.38. The molecule has 1 aliphatic heterocycles. The molecule has 3 N–H and O–H groups in total. The molecule has 0 aromatic heterocycles. The Balaban J connectivity index is 2.09. The zero-order chi connectivity index (χ0) is 10.4. The van der Waals surface area contributed by atoms with Crippen LogP contribution in [0.3, 0.4) is 0 Å². The lowest BCUT2D eigenvalue weighted by Gasteiger charge is -2.34. The van der Waals surface area contributed by atoms with Gasteiger partial charge < -0.3 is 16.0 Å². The van der Waals surface area contributed by atoms with E-state index in [1.54, 1.807) is 0 Å². The molecule has 0 aromatic carbocycles. The van der Waals surface area contributed by atoms with Gasteiger partial charge in [0.25, 0.3) is 0 Å². The van der Waals surface area contributed by atoms with E-state index < -0.39 is 0 Å². The van der Waals surface area contributed by atoms with Crippen molar-refractivity contribution in [2.45, 2.75) is 32.7 Å². The van der Waals surface area contributed by atoms with Crippen LogP contribution in [-0.2, 0) is 0 Å². The summed E-state index contributed by atoms with van der Waals surface area (Å²) in [7, 11) is 0. The molecule has 0 aliphatic carbocycles. The van der Waals surface area contributed by atoms with Gasteiger partial charge in [0.05, 0.1) is 0 Å². The molecule has 84 valence electrons. The Kier molecular flexibility index (Phi) is 5.45. The monoisotopic (exact) mass is 199 g/mol. The first-order valence-electron chi connectivity index (χ1n) is 5.89. The number of nitrogens with zero attached hydrogens (tertiary/aromatic N) is 1. The van der Waals surface area contributed by atoms with Crippen molar-refractivity contribution in [3.8, 4) is 0 Å². The molecule has 3 heteroatoms. The van der Waals surface area contributed by atoms with Crippen molar-refractivity contribution in [1.29, 1.82) is 0 Å². The Morgan fingerprint density at radius 2 is 2.00 bits per heavy atom. The zero-order valence-corrected chi connectivity index (χ0v) is 9.63. The van der Waals surface area contributed by atoms with Crippen molar-refractivity contribution in [3.63, 3.8) is 0 Å². The summed E-state index contributed by atoms with van der Waals surface area (Å²) in [6.07, 6.45) is 2.69.